The molecular formula is C20H27FN2O2. The van der Waals surface area contributed by atoms with Gasteiger partial charge in [0.15, 0.2) is 0 Å². The molecule has 136 valence electrons. The Labute approximate surface area is 148 Å². The Hall–Kier alpha value is -1.88. The molecule has 0 radical (unpaired) electrons. The number of aryl methyl sites for hydroxylation is 1. The van der Waals surface area contributed by atoms with Crippen LogP contribution in [0.1, 0.15) is 49.7 Å². The molecule has 0 aliphatic heterocycles. The molecule has 1 amide bonds. The Morgan fingerprint density at radius 1 is 1.24 bits per heavy atom. The van der Waals surface area contributed by atoms with Gasteiger partial charge in [-0.1, -0.05) is 12.1 Å². The van der Waals surface area contributed by atoms with Crippen LogP contribution in [-0.4, -0.2) is 19.1 Å². The van der Waals surface area contributed by atoms with Gasteiger partial charge in [-0.3, -0.25) is 4.79 Å². The van der Waals surface area contributed by atoms with Crippen molar-refractivity contribution in [3.05, 3.63) is 41.2 Å². The smallest absolute Gasteiger partial charge is 0.223 e. The van der Waals surface area contributed by atoms with Crippen molar-refractivity contribution in [3.63, 3.8) is 0 Å². The lowest BCUT2D eigenvalue weighted by molar-refractivity contribution is -0.134. The van der Waals surface area contributed by atoms with Gasteiger partial charge in [0.05, 0.1) is 6.33 Å². The van der Waals surface area contributed by atoms with Crippen molar-refractivity contribution in [1.29, 1.82) is 0 Å². The SMILES string of the molecule is Cc1cc(C23CCC(C(N)=O)(CC2)CC3)ccc1OC/C(=C/F)CN. The molecule has 3 aliphatic rings. The van der Waals surface area contributed by atoms with Crippen LogP contribution >= 0.6 is 0 Å². The van der Waals surface area contributed by atoms with Gasteiger partial charge in [0, 0.05) is 17.5 Å². The largest absolute Gasteiger partial charge is 0.489 e. The molecule has 1 aromatic rings. The van der Waals surface area contributed by atoms with E-state index in [0.717, 1.165) is 49.8 Å². The topological polar surface area (TPSA) is 78.3 Å². The van der Waals surface area contributed by atoms with Crippen molar-refractivity contribution in [1.82, 2.24) is 0 Å². The molecule has 0 saturated heterocycles. The molecule has 0 aromatic heterocycles. The minimum absolute atomic E-state index is 0.127. The normalized spacial score (nSPS) is 28.8. The summed E-state index contributed by atoms with van der Waals surface area (Å²) in [5, 5.41) is 0. The van der Waals surface area contributed by atoms with Gasteiger partial charge in [-0.05, 0) is 68.1 Å². The van der Waals surface area contributed by atoms with Crippen LogP contribution in [0.2, 0.25) is 0 Å². The number of ether oxygens (including phenoxy) is 1. The number of hydrogen-bond acceptors (Lipinski definition) is 3. The lowest BCUT2D eigenvalue weighted by Crippen LogP contribution is -2.50. The Morgan fingerprint density at radius 2 is 1.88 bits per heavy atom. The van der Waals surface area contributed by atoms with Crippen LogP contribution in [-0.2, 0) is 10.2 Å². The minimum atomic E-state index is -0.267. The van der Waals surface area contributed by atoms with E-state index in [2.05, 4.69) is 12.1 Å². The maximum absolute atomic E-state index is 12.6. The van der Waals surface area contributed by atoms with Crippen molar-refractivity contribution < 1.29 is 13.9 Å². The van der Waals surface area contributed by atoms with Gasteiger partial charge in [0.1, 0.15) is 12.4 Å². The van der Waals surface area contributed by atoms with E-state index in [9.17, 15) is 9.18 Å². The third kappa shape index (κ3) is 3.17. The summed E-state index contributed by atoms with van der Waals surface area (Å²) in [6.07, 6.45) is 6.21. The van der Waals surface area contributed by atoms with Gasteiger partial charge in [-0.2, -0.15) is 0 Å². The molecule has 0 spiro atoms. The van der Waals surface area contributed by atoms with Crippen LogP contribution in [0, 0.1) is 12.3 Å². The summed E-state index contributed by atoms with van der Waals surface area (Å²) >= 11 is 0. The Bertz CT molecular complexity index is 674. The number of nitrogens with two attached hydrogens (primary N) is 2. The summed E-state index contributed by atoms with van der Waals surface area (Å²) in [4.78, 5) is 11.8. The fraction of sp³-hybridized carbons (Fsp3) is 0.550. The van der Waals surface area contributed by atoms with E-state index in [1.165, 1.54) is 5.56 Å². The Morgan fingerprint density at radius 3 is 2.36 bits per heavy atom. The Balaban J connectivity index is 1.75. The molecule has 0 heterocycles. The molecule has 4 rings (SSSR count). The predicted molar refractivity (Wildman–Crippen MR) is 95.9 cm³/mol. The number of hydrogen-bond donors (Lipinski definition) is 2. The molecule has 3 saturated carbocycles. The zero-order chi connectivity index (χ0) is 18.1. The summed E-state index contributed by atoms with van der Waals surface area (Å²) in [5.74, 6) is 0.628. The molecule has 5 heteroatoms. The third-order valence-corrected chi connectivity index (χ3v) is 6.39. The second kappa shape index (κ2) is 6.79. The van der Waals surface area contributed by atoms with Gasteiger partial charge < -0.3 is 16.2 Å². The molecule has 0 unspecified atom stereocenters. The molecule has 3 aliphatic carbocycles. The Kier molecular flexibility index (Phi) is 4.87. The summed E-state index contributed by atoms with van der Waals surface area (Å²) in [6, 6.07) is 6.27. The van der Waals surface area contributed by atoms with E-state index in [1.807, 2.05) is 13.0 Å². The molecule has 3 fully saturated rings. The summed E-state index contributed by atoms with van der Waals surface area (Å²) in [5.41, 5.74) is 13.8. The number of benzene rings is 1. The van der Waals surface area contributed by atoms with Crippen LogP contribution in [0.3, 0.4) is 0 Å². The van der Waals surface area contributed by atoms with E-state index in [1.54, 1.807) is 0 Å². The number of fused-ring (bicyclic) bond motifs is 3. The summed E-state index contributed by atoms with van der Waals surface area (Å²) in [6.45, 7) is 2.33. The molecule has 4 nitrogen and oxygen atoms in total. The lowest BCUT2D eigenvalue weighted by atomic mass is 9.51. The van der Waals surface area contributed by atoms with Crippen LogP contribution < -0.4 is 16.2 Å². The van der Waals surface area contributed by atoms with Crippen molar-refractivity contribution >= 4 is 5.91 Å². The standard InChI is InChI=1S/C20H27FN2O2/c1-14-10-16(2-3-17(14)25-13-15(11-21)12-22)19-4-7-20(8-5-19,9-6-19)18(23)24/h2-3,10-11H,4-9,12-13,22H2,1H3,(H2,23,24)/b15-11+. The predicted octanol–water partition coefficient (Wildman–Crippen LogP) is 3.26. The van der Waals surface area contributed by atoms with Crippen LogP contribution in [0.25, 0.3) is 0 Å². The highest BCUT2D eigenvalue weighted by Gasteiger charge is 2.52. The maximum Gasteiger partial charge on any atom is 0.223 e. The molecule has 0 atom stereocenters. The number of primary amides is 1. The number of amides is 1. The number of carbonyl (C=O) groups excluding carboxylic acids is 1. The van der Waals surface area contributed by atoms with Gasteiger partial charge >= 0.3 is 0 Å². The first-order valence-electron chi connectivity index (χ1n) is 8.97. The molecule has 25 heavy (non-hydrogen) atoms. The number of carbonyl (C=O) groups is 1. The van der Waals surface area contributed by atoms with E-state index in [0.29, 0.717) is 11.9 Å². The fourth-order valence-electron chi connectivity index (χ4n) is 4.43. The second-order valence-corrected chi connectivity index (χ2v) is 7.67. The zero-order valence-corrected chi connectivity index (χ0v) is 14.8. The van der Waals surface area contributed by atoms with Crippen LogP contribution in [0.4, 0.5) is 4.39 Å². The molecule has 1 aromatic carbocycles. The van der Waals surface area contributed by atoms with E-state index >= 15 is 0 Å². The molecule has 2 bridgehead atoms. The van der Waals surface area contributed by atoms with E-state index in [-0.39, 0.29) is 29.9 Å². The molecule has 4 N–H and O–H groups in total. The van der Waals surface area contributed by atoms with Crippen LogP contribution in [0.15, 0.2) is 30.1 Å². The highest BCUT2D eigenvalue weighted by atomic mass is 19.1. The average Bonchev–Trinajstić information content (AvgIpc) is 2.65. The van der Waals surface area contributed by atoms with E-state index in [4.69, 9.17) is 16.2 Å². The summed E-state index contributed by atoms with van der Waals surface area (Å²) in [7, 11) is 0. The molecular weight excluding hydrogens is 319 g/mol. The second-order valence-electron chi connectivity index (χ2n) is 7.67. The fourth-order valence-corrected chi connectivity index (χ4v) is 4.43. The zero-order valence-electron chi connectivity index (χ0n) is 14.8. The highest BCUT2D eigenvalue weighted by Crippen LogP contribution is 2.57. The monoisotopic (exact) mass is 346 g/mol. The first-order valence-corrected chi connectivity index (χ1v) is 8.97. The minimum Gasteiger partial charge on any atom is -0.489 e. The van der Waals surface area contributed by atoms with Crippen molar-refractivity contribution in [2.75, 3.05) is 13.2 Å². The maximum atomic E-state index is 12.6. The van der Waals surface area contributed by atoms with Crippen molar-refractivity contribution in [2.24, 2.45) is 16.9 Å². The summed E-state index contributed by atoms with van der Waals surface area (Å²) < 4.78 is 18.3. The van der Waals surface area contributed by atoms with E-state index < -0.39 is 0 Å². The van der Waals surface area contributed by atoms with Gasteiger partial charge in [-0.25, -0.2) is 4.39 Å². The van der Waals surface area contributed by atoms with Gasteiger partial charge in [0.2, 0.25) is 5.91 Å². The highest BCUT2D eigenvalue weighted by molar-refractivity contribution is 5.81. The first-order chi connectivity index (χ1) is 11.9. The third-order valence-electron chi connectivity index (χ3n) is 6.39. The van der Waals surface area contributed by atoms with Crippen molar-refractivity contribution in [3.8, 4) is 5.75 Å². The lowest BCUT2D eigenvalue weighted by Gasteiger charge is -2.52. The quantitative estimate of drug-likeness (QED) is 0.830. The number of halogens is 1. The van der Waals surface area contributed by atoms with Crippen LogP contribution in [0.5, 0.6) is 5.75 Å². The van der Waals surface area contributed by atoms with Gasteiger partial charge in [0.25, 0.3) is 0 Å². The first kappa shape index (κ1) is 17.9. The average molecular weight is 346 g/mol. The van der Waals surface area contributed by atoms with Crippen molar-refractivity contribution in [2.45, 2.75) is 50.9 Å². The van der Waals surface area contributed by atoms with Gasteiger partial charge in [-0.15, -0.1) is 0 Å². The number of rotatable bonds is 6.